The van der Waals surface area contributed by atoms with Crippen molar-refractivity contribution in [3.8, 4) is 0 Å². The Kier molecular flexibility index (Phi) is 7.01. The Hall–Kier alpha value is -1.79. The van der Waals surface area contributed by atoms with E-state index >= 15 is 0 Å². The molecule has 10 nitrogen and oxygen atoms in total. The first-order valence-corrected chi connectivity index (χ1v) is 14.4. The standard InChI is InChI=1S/C30H43NO9/c1-7-14-35-28-12-13-29(36-18-33-5)27(28,17-31(37-19-34-6)25(32)40-26(2,3)4)16-24(39-29)30-21-11-9-8-10-20(21)22(38-30)15-23(28)30/h7,15,22,24H,1,8-14,16-19H2,2-6H3/t22-,24+,27+,28-,29+,30-/m0/s1. The van der Waals surface area contributed by atoms with E-state index in [-0.39, 0.29) is 32.3 Å². The maximum absolute atomic E-state index is 13.5. The fourth-order valence-corrected chi connectivity index (χ4v) is 8.39. The zero-order valence-electron chi connectivity index (χ0n) is 24.4. The number of hydrogen-bond acceptors (Lipinski definition) is 9. The van der Waals surface area contributed by atoms with Crippen LogP contribution < -0.4 is 0 Å². The third-order valence-corrected chi connectivity index (χ3v) is 9.59. The van der Waals surface area contributed by atoms with Gasteiger partial charge >= 0.3 is 6.09 Å². The smallest absolute Gasteiger partial charge is 0.434 e. The second-order valence-electron chi connectivity index (χ2n) is 12.7. The quantitative estimate of drug-likeness (QED) is 0.205. The highest BCUT2D eigenvalue weighted by Gasteiger charge is 2.85. The van der Waals surface area contributed by atoms with E-state index < -0.39 is 34.1 Å². The fraction of sp³-hybridized carbons (Fsp3) is 0.767. The molecular formula is C30H43NO9. The minimum atomic E-state index is -1.11. The molecule has 0 unspecified atom stereocenters. The summed E-state index contributed by atoms with van der Waals surface area (Å²) in [4.78, 5) is 19.4. The van der Waals surface area contributed by atoms with Crippen molar-refractivity contribution < 1.29 is 42.8 Å². The first-order chi connectivity index (χ1) is 19.1. The molecule has 0 radical (unpaired) electrons. The van der Waals surface area contributed by atoms with Gasteiger partial charge in [-0.25, -0.2) is 9.63 Å². The van der Waals surface area contributed by atoms with Gasteiger partial charge in [0.05, 0.1) is 30.8 Å². The van der Waals surface area contributed by atoms with E-state index in [0.29, 0.717) is 25.9 Å². The highest BCUT2D eigenvalue weighted by Crippen LogP contribution is 2.76. The second-order valence-corrected chi connectivity index (χ2v) is 12.7. The average Bonchev–Trinajstić information content (AvgIpc) is 3.62. The highest BCUT2D eigenvalue weighted by atomic mass is 16.8. The van der Waals surface area contributed by atoms with Gasteiger partial charge in [-0.1, -0.05) is 6.08 Å². The lowest BCUT2D eigenvalue weighted by molar-refractivity contribution is -0.312. The lowest BCUT2D eigenvalue weighted by Gasteiger charge is -2.55. The van der Waals surface area contributed by atoms with Gasteiger partial charge in [0.15, 0.2) is 12.6 Å². The van der Waals surface area contributed by atoms with E-state index in [2.05, 4.69) is 12.7 Å². The molecular weight excluding hydrogens is 518 g/mol. The molecule has 6 atom stereocenters. The fourth-order valence-electron chi connectivity index (χ4n) is 8.39. The van der Waals surface area contributed by atoms with Gasteiger partial charge in [-0.2, -0.15) is 5.06 Å². The number of nitrogens with zero attached hydrogens (tertiary/aromatic N) is 1. The molecule has 6 rings (SSSR count). The van der Waals surface area contributed by atoms with E-state index in [0.717, 1.165) is 24.8 Å². The molecule has 0 aromatic heterocycles. The van der Waals surface area contributed by atoms with Gasteiger partial charge < -0.3 is 33.2 Å². The molecule has 3 aliphatic heterocycles. The van der Waals surface area contributed by atoms with E-state index in [4.69, 9.17) is 38.0 Å². The minimum Gasteiger partial charge on any atom is -0.442 e. The number of hydroxylamine groups is 2. The van der Waals surface area contributed by atoms with Crippen molar-refractivity contribution in [2.24, 2.45) is 5.41 Å². The number of carbonyl (C=O) groups is 1. The number of carbonyl (C=O) groups excluding carboxylic acids is 1. The van der Waals surface area contributed by atoms with Crippen molar-refractivity contribution in [3.63, 3.8) is 0 Å². The molecule has 1 spiro atoms. The van der Waals surface area contributed by atoms with E-state index in [1.165, 1.54) is 29.7 Å². The maximum atomic E-state index is 13.5. The summed E-state index contributed by atoms with van der Waals surface area (Å²) in [5, 5.41) is 1.25. The summed E-state index contributed by atoms with van der Waals surface area (Å²) < 4.78 is 43.8. The van der Waals surface area contributed by atoms with Gasteiger partial charge in [0.2, 0.25) is 0 Å². The summed E-state index contributed by atoms with van der Waals surface area (Å²) in [7, 11) is 3.11. The zero-order valence-corrected chi connectivity index (χ0v) is 24.4. The molecule has 3 aliphatic carbocycles. The summed E-state index contributed by atoms with van der Waals surface area (Å²) in [5.74, 6) is -1.11. The second kappa shape index (κ2) is 9.90. The number of fused-ring (bicyclic) bond motifs is 4. The van der Waals surface area contributed by atoms with Crippen LogP contribution in [0.3, 0.4) is 0 Å². The molecule has 1 amide bonds. The molecule has 10 heteroatoms. The Morgan fingerprint density at radius 1 is 1.12 bits per heavy atom. The Balaban J connectivity index is 1.49. The highest BCUT2D eigenvalue weighted by molar-refractivity contribution is 5.67. The summed E-state index contributed by atoms with van der Waals surface area (Å²) in [5.41, 5.74) is 0.739. The van der Waals surface area contributed by atoms with Gasteiger partial charge in [0.25, 0.3) is 0 Å². The SMILES string of the molecule is C=CCO[C@]12CC[C@@]3(OCOC)O[C@H](C[C@]31CN(OCOC)C(=O)OC(C)(C)C)[C@@]13O[C@@H](C=C12)C1=C3CCCC1. The number of ether oxygens (including phenoxy) is 7. The van der Waals surface area contributed by atoms with Crippen molar-refractivity contribution in [1.29, 1.82) is 0 Å². The Morgan fingerprint density at radius 2 is 1.90 bits per heavy atom. The van der Waals surface area contributed by atoms with Crippen LogP contribution in [0.25, 0.3) is 0 Å². The third kappa shape index (κ3) is 3.76. The average molecular weight is 562 g/mol. The lowest BCUT2D eigenvalue weighted by atomic mass is 9.54. The molecule has 6 aliphatic rings. The number of amides is 1. The van der Waals surface area contributed by atoms with Crippen LogP contribution in [0.5, 0.6) is 0 Å². The van der Waals surface area contributed by atoms with Crippen LogP contribution in [-0.4, -0.2) is 86.9 Å². The molecule has 222 valence electrons. The predicted octanol–water partition coefficient (Wildman–Crippen LogP) is 4.55. The van der Waals surface area contributed by atoms with Crippen LogP contribution in [0.2, 0.25) is 0 Å². The predicted molar refractivity (Wildman–Crippen MR) is 143 cm³/mol. The summed E-state index contributed by atoms with van der Waals surface area (Å²) in [6.07, 6.45) is 9.10. The van der Waals surface area contributed by atoms with Crippen LogP contribution in [0.4, 0.5) is 4.79 Å². The third-order valence-electron chi connectivity index (χ3n) is 9.59. The Morgan fingerprint density at radius 3 is 2.62 bits per heavy atom. The Labute approximate surface area is 236 Å². The summed E-state index contributed by atoms with van der Waals surface area (Å²) in [6, 6.07) is 0. The van der Waals surface area contributed by atoms with Crippen molar-refractivity contribution in [1.82, 2.24) is 5.06 Å². The molecule has 0 aromatic carbocycles. The molecule has 0 N–H and O–H groups in total. The van der Waals surface area contributed by atoms with Crippen molar-refractivity contribution in [2.45, 2.75) is 101 Å². The van der Waals surface area contributed by atoms with Crippen LogP contribution in [-0.2, 0) is 38.0 Å². The molecule has 0 aromatic rings. The van der Waals surface area contributed by atoms with Gasteiger partial charge in [-0.05, 0) is 82.1 Å². The Bertz CT molecular complexity index is 1110. The van der Waals surface area contributed by atoms with E-state index in [1.807, 2.05) is 20.8 Å². The van der Waals surface area contributed by atoms with E-state index in [9.17, 15) is 4.79 Å². The summed E-state index contributed by atoms with van der Waals surface area (Å²) in [6.45, 7) is 9.75. The minimum absolute atomic E-state index is 0.0286. The van der Waals surface area contributed by atoms with Crippen LogP contribution in [0.15, 0.2) is 35.5 Å². The first kappa shape index (κ1) is 28.3. The number of hydrogen-bond donors (Lipinski definition) is 0. The molecule has 4 bridgehead atoms. The zero-order chi connectivity index (χ0) is 28.4. The first-order valence-electron chi connectivity index (χ1n) is 14.4. The van der Waals surface area contributed by atoms with Gasteiger partial charge in [-0.15, -0.1) is 6.58 Å². The molecule has 1 saturated heterocycles. The van der Waals surface area contributed by atoms with Gasteiger partial charge in [-0.3, -0.25) is 0 Å². The molecule has 3 fully saturated rings. The van der Waals surface area contributed by atoms with Crippen molar-refractivity contribution >= 4 is 6.09 Å². The van der Waals surface area contributed by atoms with E-state index in [1.54, 1.807) is 13.2 Å². The van der Waals surface area contributed by atoms with Gasteiger partial charge in [0.1, 0.15) is 23.6 Å². The van der Waals surface area contributed by atoms with Crippen LogP contribution >= 0.6 is 0 Å². The monoisotopic (exact) mass is 561 g/mol. The lowest BCUT2D eigenvalue weighted by Crippen LogP contribution is -2.66. The maximum Gasteiger partial charge on any atom is 0.434 e. The van der Waals surface area contributed by atoms with Gasteiger partial charge in [0, 0.05) is 20.6 Å². The van der Waals surface area contributed by atoms with Crippen molar-refractivity contribution in [3.05, 3.63) is 35.5 Å². The molecule has 2 saturated carbocycles. The largest absolute Gasteiger partial charge is 0.442 e. The number of rotatable bonds is 11. The van der Waals surface area contributed by atoms with Crippen molar-refractivity contribution in [2.75, 3.05) is 41.0 Å². The molecule has 40 heavy (non-hydrogen) atoms. The summed E-state index contributed by atoms with van der Waals surface area (Å²) >= 11 is 0. The molecule has 3 heterocycles. The number of methoxy groups -OCH3 is 2. The van der Waals surface area contributed by atoms with Crippen LogP contribution in [0, 0.1) is 5.41 Å². The normalized spacial score (nSPS) is 38.8. The van der Waals surface area contributed by atoms with Crippen LogP contribution in [0.1, 0.15) is 65.7 Å². The topological polar surface area (TPSA) is 94.2 Å².